The molecule has 0 atom stereocenters. The highest BCUT2D eigenvalue weighted by molar-refractivity contribution is 5.78. The number of carbonyl (C=O) groups excluding carboxylic acids is 1. The summed E-state index contributed by atoms with van der Waals surface area (Å²) in [5.41, 5.74) is 3.46. The molecule has 1 fully saturated rings. The minimum absolute atomic E-state index is 0.0482. The largest absolute Gasteiger partial charge is 0.497 e. The molecule has 1 heterocycles. The summed E-state index contributed by atoms with van der Waals surface area (Å²) in [5, 5.41) is 3.00. The fraction of sp³-hybridized carbons (Fsp3) is 0.458. The van der Waals surface area contributed by atoms with Crippen molar-refractivity contribution in [3.8, 4) is 17.2 Å². The van der Waals surface area contributed by atoms with Gasteiger partial charge in [0.05, 0.1) is 27.9 Å². The molecular weight excluding hydrogens is 394 g/mol. The van der Waals surface area contributed by atoms with E-state index in [0.717, 1.165) is 55.5 Å². The topological polar surface area (TPSA) is 63.3 Å². The lowest BCUT2D eigenvalue weighted by molar-refractivity contribution is -0.122. The van der Waals surface area contributed by atoms with Crippen molar-refractivity contribution in [2.75, 3.05) is 54.1 Å². The van der Waals surface area contributed by atoms with E-state index in [-0.39, 0.29) is 5.91 Å². The van der Waals surface area contributed by atoms with Crippen LogP contribution in [0.2, 0.25) is 0 Å². The van der Waals surface area contributed by atoms with E-state index in [0.29, 0.717) is 13.1 Å². The zero-order chi connectivity index (χ0) is 22.2. The monoisotopic (exact) mass is 427 g/mol. The first-order chi connectivity index (χ1) is 15.0. The number of carbonyl (C=O) groups is 1. The minimum Gasteiger partial charge on any atom is -0.497 e. The van der Waals surface area contributed by atoms with Crippen molar-refractivity contribution in [3.05, 3.63) is 53.1 Å². The molecule has 31 heavy (non-hydrogen) atoms. The molecule has 7 nitrogen and oxygen atoms in total. The van der Waals surface area contributed by atoms with Gasteiger partial charge in [0.15, 0.2) is 11.5 Å². The van der Waals surface area contributed by atoms with Gasteiger partial charge in [-0.25, -0.2) is 0 Å². The number of piperazine rings is 1. The smallest absolute Gasteiger partial charge is 0.234 e. The zero-order valence-corrected chi connectivity index (χ0v) is 18.9. The minimum atomic E-state index is 0.0482. The Labute approximate surface area is 184 Å². The van der Waals surface area contributed by atoms with Crippen LogP contribution in [-0.4, -0.2) is 69.8 Å². The molecule has 0 aliphatic carbocycles. The Bertz CT molecular complexity index is 879. The van der Waals surface area contributed by atoms with Crippen molar-refractivity contribution >= 4 is 5.91 Å². The standard InChI is InChI=1S/C24H33N3O4/c1-18-12-22(30-3)23(31-4)14-20(18)16-26-8-10-27(11-9-26)17-24(28)25-15-19-6-5-7-21(13-19)29-2/h5-7,12-14H,8-11,15-17H2,1-4H3,(H,25,28). The maximum Gasteiger partial charge on any atom is 0.234 e. The molecule has 0 unspecified atom stereocenters. The van der Waals surface area contributed by atoms with E-state index in [4.69, 9.17) is 14.2 Å². The second kappa shape index (κ2) is 11.0. The maximum absolute atomic E-state index is 12.4. The molecule has 1 amide bonds. The summed E-state index contributed by atoms with van der Waals surface area (Å²) in [7, 11) is 4.96. The van der Waals surface area contributed by atoms with Crippen LogP contribution in [0.5, 0.6) is 17.2 Å². The lowest BCUT2D eigenvalue weighted by Gasteiger charge is -2.34. The Morgan fingerprint density at radius 1 is 0.935 bits per heavy atom. The molecule has 0 radical (unpaired) electrons. The van der Waals surface area contributed by atoms with Crippen LogP contribution >= 0.6 is 0 Å². The number of amides is 1. The van der Waals surface area contributed by atoms with Crippen LogP contribution in [0, 0.1) is 6.92 Å². The number of rotatable bonds is 9. The maximum atomic E-state index is 12.4. The van der Waals surface area contributed by atoms with Crippen molar-refractivity contribution in [1.29, 1.82) is 0 Å². The number of nitrogens with one attached hydrogen (secondary N) is 1. The number of ether oxygens (including phenoxy) is 3. The summed E-state index contributed by atoms with van der Waals surface area (Å²) in [4.78, 5) is 17.0. The van der Waals surface area contributed by atoms with Gasteiger partial charge in [-0.15, -0.1) is 0 Å². The Hall–Kier alpha value is -2.77. The van der Waals surface area contributed by atoms with Gasteiger partial charge < -0.3 is 19.5 Å². The van der Waals surface area contributed by atoms with Gasteiger partial charge in [0, 0.05) is 39.3 Å². The highest BCUT2D eigenvalue weighted by Gasteiger charge is 2.20. The summed E-state index contributed by atoms with van der Waals surface area (Å²) in [6.45, 7) is 7.50. The van der Waals surface area contributed by atoms with Gasteiger partial charge in [0.2, 0.25) is 5.91 Å². The molecular formula is C24H33N3O4. The first kappa shape index (κ1) is 22.9. The molecule has 1 N–H and O–H groups in total. The van der Waals surface area contributed by atoms with Gasteiger partial charge in [-0.1, -0.05) is 12.1 Å². The van der Waals surface area contributed by atoms with Crippen LogP contribution in [0.15, 0.2) is 36.4 Å². The lowest BCUT2D eigenvalue weighted by Crippen LogP contribution is -2.49. The molecule has 7 heteroatoms. The number of hydrogen-bond donors (Lipinski definition) is 1. The van der Waals surface area contributed by atoms with Gasteiger partial charge in [0.1, 0.15) is 5.75 Å². The Morgan fingerprint density at radius 3 is 2.29 bits per heavy atom. The molecule has 0 saturated carbocycles. The average molecular weight is 428 g/mol. The molecule has 2 aromatic rings. The van der Waals surface area contributed by atoms with Crippen LogP contribution in [0.25, 0.3) is 0 Å². The van der Waals surface area contributed by atoms with E-state index >= 15 is 0 Å². The molecule has 1 aliphatic rings. The molecule has 1 aliphatic heterocycles. The van der Waals surface area contributed by atoms with Gasteiger partial charge in [-0.05, 0) is 47.9 Å². The van der Waals surface area contributed by atoms with E-state index in [1.165, 1.54) is 11.1 Å². The van der Waals surface area contributed by atoms with Crippen molar-refractivity contribution < 1.29 is 19.0 Å². The van der Waals surface area contributed by atoms with E-state index in [1.54, 1.807) is 21.3 Å². The van der Waals surface area contributed by atoms with Gasteiger partial charge in [-0.2, -0.15) is 0 Å². The van der Waals surface area contributed by atoms with E-state index < -0.39 is 0 Å². The number of aryl methyl sites for hydroxylation is 1. The summed E-state index contributed by atoms with van der Waals surface area (Å²) >= 11 is 0. The Balaban J connectivity index is 1.45. The third kappa shape index (κ3) is 6.35. The van der Waals surface area contributed by atoms with Crippen molar-refractivity contribution in [2.45, 2.75) is 20.0 Å². The third-order valence-corrected chi connectivity index (χ3v) is 5.69. The molecule has 1 saturated heterocycles. The van der Waals surface area contributed by atoms with E-state index in [9.17, 15) is 4.79 Å². The van der Waals surface area contributed by atoms with Crippen molar-refractivity contribution in [2.24, 2.45) is 0 Å². The fourth-order valence-electron chi connectivity index (χ4n) is 3.78. The molecule has 168 valence electrons. The normalized spacial score (nSPS) is 14.8. The number of hydrogen-bond acceptors (Lipinski definition) is 6. The number of benzene rings is 2. The van der Waals surface area contributed by atoms with Crippen LogP contribution in [0.1, 0.15) is 16.7 Å². The van der Waals surface area contributed by atoms with Crippen molar-refractivity contribution in [3.63, 3.8) is 0 Å². The first-order valence-corrected chi connectivity index (χ1v) is 10.6. The van der Waals surface area contributed by atoms with Gasteiger partial charge in [-0.3, -0.25) is 14.6 Å². The first-order valence-electron chi connectivity index (χ1n) is 10.6. The van der Waals surface area contributed by atoms with E-state index in [1.807, 2.05) is 30.3 Å². The summed E-state index contributed by atoms with van der Waals surface area (Å²) in [6, 6.07) is 11.8. The molecule has 0 spiro atoms. The zero-order valence-electron chi connectivity index (χ0n) is 18.9. The van der Waals surface area contributed by atoms with E-state index in [2.05, 4.69) is 28.1 Å². The van der Waals surface area contributed by atoms with Crippen molar-refractivity contribution in [1.82, 2.24) is 15.1 Å². The van der Waals surface area contributed by atoms with Crippen LogP contribution in [0.4, 0.5) is 0 Å². The second-order valence-electron chi connectivity index (χ2n) is 7.81. The van der Waals surface area contributed by atoms with Gasteiger partial charge >= 0.3 is 0 Å². The Morgan fingerprint density at radius 2 is 1.61 bits per heavy atom. The predicted molar refractivity (Wildman–Crippen MR) is 121 cm³/mol. The SMILES string of the molecule is COc1cccc(CNC(=O)CN2CCN(Cc3cc(OC)c(OC)cc3C)CC2)c1. The quantitative estimate of drug-likeness (QED) is 0.663. The van der Waals surface area contributed by atoms with Crippen LogP contribution in [0.3, 0.4) is 0 Å². The average Bonchev–Trinajstić information content (AvgIpc) is 2.80. The summed E-state index contributed by atoms with van der Waals surface area (Å²) in [6.07, 6.45) is 0. The highest BCUT2D eigenvalue weighted by atomic mass is 16.5. The highest BCUT2D eigenvalue weighted by Crippen LogP contribution is 2.31. The summed E-state index contributed by atoms with van der Waals surface area (Å²) in [5.74, 6) is 2.36. The molecule has 0 bridgehead atoms. The molecule has 3 rings (SSSR count). The van der Waals surface area contributed by atoms with Crippen LogP contribution < -0.4 is 19.5 Å². The molecule has 2 aromatic carbocycles. The predicted octanol–water partition coefficient (Wildman–Crippen LogP) is 2.45. The number of nitrogens with zero attached hydrogens (tertiary/aromatic N) is 2. The lowest BCUT2D eigenvalue weighted by atomic mass is 10.1. The summed E-state index contributed by atoms with van der Waals surface area (Å²) < 4.78 is 16.1. The fourth-order valence-corrected chi connectivity index (χ4v) is 3.78. The van der Waals surface area contributed by atoms with Crippen LogP contribution in [-0.2, 0) is 17.9 Å². The second-order valence-corrected chi connectivity index (χ2v) is 7.81. The number of methoxy groups -OCH3 is 3. The Kier molecular flexibility index (Phi) is 8.14. The van der Waals surface area contributed by atoms with Gasteiger partial charge in [0.25, 0.3) is 0 Å². The molecule has 0 aromatic heterocycles. The third-order valence-electron chi connectivity index (χ3n) is 5.69.